The highest BCUT2D eigenvalue weighted by molar-refractivity contribution is 5.95. The van der Waals surface area contributed by atoms with Crippen LogP contribution in [0.25, 0.3) is 0 Å². The van der Waals surface area contributed by atoms with Crippen molar-refractivity contribution < 1.29 is 13.6 Å². The van der Waals surface area contributed by atoms with Gasteiger partial charge in [-0.3, -0.25) is 9.78 Å². The first-order chi connectivity index (χ1) is 12.1. The second-order valence-electron chi connectivity index (χ2n) is 6.37. The zero-order valence-electron chi connectivity index (χ0n) is 13.9. The highest BCUT2D eigenvalue weighted by Gasteiger charge is 2.16. The Morgan fingerprint density at radius 3 is 2.52 bits per heavy atom. The number of pyridine rings is 1. The summed E-state index contributed by atoms with van der Waals surface area (Å²) in [5.74, 6) is -1.52. The van der Waals surface area contributed by atoms with Gasteiger partial charge >= 0.3 is 0 Å². The topological polar surface area (TPSA) is 54.0 Å². The van der Waals surface area contributed by atoms with E-state index in [1.165, 1.54) is 37.4 Å². The molecule has 25 heavy (non-hydrogen) atoms. The lowest BCUT2D eigenvalue weighted by atomic mass is 10.1. The molecule has 0 radical (unpaired) electrons. The summed E-state index contributed by atoms with van der Waals surface area (Å²) >= 11 is 0. The van der Waals surface area contributed by atoms with Gasteiger partial charge in [0.25, 0.3) is 5.91 Å². The molecule has 0 saturated heterocycles. The second kappa shape index (κ2) is 8.05. The second-order valence-corrected chi connectivity index (χ2v) is 6.37. The number of rotatable bonds is 4. The first-order valence-electron chi connectivity index (χ1n) is 8.60. The quantitative estimate of drug-likeness (QED) is 0.799. The van der Waals surface area contributed by atoms with E-state index >= 15 is 0 Å². The number of amides is 1. The maximum absolute atomic E-state index is 13.7. The zero-order valence-corrected chi connectivity index (χ0v) is 13.9. The largest absolute Gasteiger partial charge is 0.352 e. The van der Waals surface area contributed by atoms with Crippen LogP contribution < -0.4 is 10.6 Å². The van der Waals surface area contributed by atoms with Crippen molar-refractivity contribution in [2.45, 2.75) is 44.6 Å². The van der Waals surface area contributed by atoms with Crippen LogP contribution in [0.5, 0.6) is 0 Å². The molecule has 1 saturated carbocycles. The predicted molar refractivity (Wildman–Crippen MR) is 92.8 cm³/mol. The minimum absolute atomic E-state index is 0.129. The van der Waals surface area contributed by atoms with Gasteiger partial charge in [0, 0.05) is 18.3 Å². The van der Waals surface area contributed by atoms with Crippen LogP contribution in [0.2, 0.25) is 0 Å². The van der Waals surface area contributed by atoms with E-state index in [4.69, 9.17) is 0 Å². The van der Waals surface area contributed by atoms with Crippen LogP contribution in [0, 0.1) is 11.6 Å². The Morgan fingerprint density at radius 2 is 1.80 bits per heavy atom. The maximum atomic E-state index is 13.7. The Hall–Kier alpha value is -2.50. The molecule has 1 aromatic carbocycles. The molecule has 1 aliphatic carbocycles. The number of hydrogen-bond donors (Lipinski definition) is 2. The minimum Gasteiger partial charge on any atom is -0.352 e. The van der Waals surface area contributed by atoms with E-state index < -0.39 is 11.6 Å². The summed E-state index contributed by atoms with van der Waals surface area (Å²) in [5.41, 5.74) is 1.01. The third kappa shape index (κ3) is 4.75. The molecule has 3 rings (SSSR count). The number of halogens is 2. The fraction of sp³-hybridized carbons (Fsp3) is 0.368. The van der Waals surface area contributed by atoms with Crippen molar-refractivity contribution in [3.8, 4) is 0 Å². The van der Waals surface area contributed by atoms with Crippen molar-refractivity contribution >= 4 is 17.3 Å². The van der Waals surface area contributed by atoms with Gasteiger partial charge in [0.2, 0.25) is 0 Å². The maximum Gasteiger partial charge on any atom is 0.253 e. The number of carbonyl (C=O) groups excluding carboxylic acids is 1. The third-order valence-corrected chi connectivity index (χ3v) is 4.40. The van der Waals surface area contributed by atoms with Gasteiger partial charge in [-0.05, 0) is 31.0 Å². The van der Waals surface area contributed by atoms with E-state index in [-0.39, 0.29) is 17.6 Å². The highest BCUT2D eigenvalue weighted by Crippen LogP contribution is 2.21. The van der Waals surface area contributed by atoms with Crippen molar-refractivity contribution in [2.24, 2.45) is 0 Å². The summed E-state index contributed by atoms with van der Waals surface area (Å²) in [6.45, 7) is 0. The van der Waals surface area contributed by atoms with Gasteiger partial charge in [0.05, 0.1) is 23.1 Å². The van der Waals surface area contributed by atoms with Crippen molar-refractivity contribution in [3.05, 3.63) is 53.9 Å². The zero-order chi connectivity index (χ0) is 17.6. The van der Waals surface area contributed by atoms with Crippen LogP contribution in [0.3, 0.4) is 0 Å². The number of nitrogens with zero attached hydrogens (tertiary/aromatic N) is 1. The first-order valence-corrected chi connectivity index (χ1v) is 8.60. The van der Waals surface area contributed by atoms with Crippen LogP contribution in [0.15, 0.2) is 36.7 Å². The Bertz CT molecular complexity index is 743. The van der Waals surface area contributed by atoms with E-state index in [2.05, 4.69) is 15.6 Å². The van der Waals surface area contributed by atoms with E-state index in [0.29, 0.717) is 11.3 Å². The lowest BCUT2D eigenvalue weighted by molar-refractivity contribution is 0.0933. The Balaban J connectivity index is 1.68. The summed E-state index contributed by atoms with van der Waals surface area (Å²) in [6, 6.07) is 5.09. The first kappa shape index (κ1) is 17.3. The van der Waals surface area contributed by atoms with Gasteiger partial charge in [-0.25, -0.2) is 8.78 Å². The third-order valence-electron chi connectivity index (χ3n) is 4.40. The summed E-state index contributed by atoms with van der Waals surface area (Å²) in [6.07, 6.45) is 9.68. The lowest BCUT2D eigenvalue weighted by Crippen LogP contribution is -2.34. The fourth-order valence-electron chi connectivity index (χ4n) is 3.07. The molecule has 1 amide bonds. The summed E-state index contributed by atoms with van der Waals surface area (Å²) in [7, 11) is 0. The minimum atomic E-state index is -0.701. The molecular weight excluding hydrogens is 324 g/mol. The molecule has 1 fully saturated rings. The smallest absolute Gasteiger partial charge is 0.253 e. The van der Waals surface area contributed by atoms with E-state index in [1.807, 2.05) is 0 Å². The van der Waals surface area contributed by atoms with Gasteiger partial charge in [-0.1, -0.05) is 25.7 Å². The van der Waals surface area contributed by atoms with E-state index in [1.54, 1.807) is 6.07 Å². The molecule has 0 unspecified atom stereocenters. The number of aromatic nitrogens is 1. The monoisotopic (exact) mass is 345 g/mol. The Labute approximate surface area is 145 Å². The summed E-state index contributed by atoms with van der Waals surface area (Å²) < 4.78 is 26.7. The van der Waals surface area contributed by atoms with Crippen molar-refractivity contribution in [1.29, 1.82) is 0 Å². The molecule has 0 bridgehead atoms. The SMILES string of the molecule is O=C(NC1CCCCCC1)c1cncc(Nc2ccc(F)cc2F)c1. The van der Waals surface area contributed by atoms with Crippen LogP contribution in [-0.4, -0.2) is 16.9 Å². The molecule has 1 aliphatic rings. The molecule has 6 heteroatoms. The number of hydrogen-bond acceptors (Lipinski definition) is 3. The molecule has 0 spiro atoms. The molecule has 132 valence electrons. The molecule has 2 aromatic rings. The van der Waals surface area contributed by atoms with Crippen molar-refractivity contribution in [1.82, 2.24) is 10.3 Å². The normalized spacial score (nSPS) is 15.4. The highest BCUT2D eigenvalue weighted by atomic mass is 19.1. The van der Waals surface area contributed by atoms with E-state index in [0.717, 1.165) is 31.7 Å². The molecule has 4 nitrogen and oxygen atoms in total. The van der Waals surface area contributed by atoms with Crippen LogP contribution in [0.1, 0.15) is 48.9 Å². The number of anilines is 2. The molecule has 1 heterocycles. The Kier molecular flexibility index (Phi) is 5.58. The van der Waals surface area contributed by atoms with Gasteiger partial charge in [0.15, 0.2) is 0 Å². The number of nitrogens with one attached hydrogen (secondary N) is 2. The van der Waals surface area contributed by atoms with Crippen molar-refractivity contribution in [2.75, 3.05) is 5.32 Å². The van der Waals surface area contributed by atoms with Crippen molar-refractivity contribution in [3.63, 3.8) is 0 Å². The van der Waals surface area contributed by atoms with Gasteiger partial charge in [-0.15, -0.1) is 0 Å². The van der Waals surface area contributed by atoms with Gasteiger partial charge < -0.3 is 10.6 Å². The van der Waals surface area contributed by atoms with Crippen LogP contribution in [0.4, 0.5) is 20.2 Å². The molecule has 2 N–H and O–H groups in total. The summed E-state index contributed by atoms with van der Waals surface area (Å²) in [5, 5.41) is 5.88. The standard InChI is InChI=1S/C19H21F2N3O/c20-14-7-8-18(17(21)10-14)23-16-9-13(11-22-12-16)19(25)24-15-5-3-1-2-4-6-15/h7-12,15,23H,1-6H2,(H,24,25). The summed E-state index contributed by atoms with van der Waals surface area (Å²) in [4.78, 5) is 16.5. The number of carbonyl (C=O) groups is 1. The number of benzene rings is 1. The molecule has 1 aromatic heterocycles. The predicted octanol–water partition coefficient (Wildman–Crippen LogP) is 4.56. The lowest BCUT2D eigenvalue weighted by Gasteiger charge is -2.16. The van der Waals surface area contributed by atoms with Gasteiger partial charge in [0.1, 0.15) is 11.6 Å². The van der Waals surface area contributed by atoms with E-state index in [9.17, 15) is 13.6 Å². The van der Waals surface area contributed by atoms with Crippen LogP contribution >= 0.6 is 0 Å². The van der Waals surface area contributed by atoms with Gasteiger partial charge in [-0.2, -0.15) is 0 Å². The average Bonchev–Trinajstić information content (AvgIpc) is 2.86. The molecule has 0 atom stereocenters. The average molecular weight is 345 g/mol. The molecule has 0 aliphatic heterocycles. The fourth-order valence-corrected chi connectivity index (χ4v) is 3.07. The van der Waals surface area contributed by atoms with Crippen LogP contribution in [-0.2, 0) is 0 Å². The molecular formula is C19H21F2N3O. The Morgan fingerprint density at radius 1 is 1.04 bits per heavy atom.